The van der Waals surface area contributed by atoms with Crippen molar-refractivity contribution in [2.24, 2.45) is 0 Å². The monoisotopic (exact) mass is 436 g/mol. The summed E-state index contributed by atoms with van der Waals surface area (Å²) in [5, 5.41) is 2.70. The molecule has 0 unspecified atom stereocenters. The van der Waals surface area contributed by atoms with Gasteiger partial charge < -0.3 is 11.1 Å². The van der Waals surface area contributed by atoms with E-state index in [1.807, 2.05) is 6.92 Å². The second-order valence-corrected chi connectivity index (χ2v) is 6.65. The van der Waals surface area contributed by atoms with Crippen molar-refractivity contribution in [2.75, 3.05) is 16.5 Å². The van der Waals surface area contributed by atoms with Crippen molar-refractivity contribution in [2.45, 2.75) is 13.1 Å². The summed E-state index contributed by atoms with van der Waals surface area (Å²) in [6.07, 6.45) is -3.41. The number of amides is 1. The summed E-state index contributed by atoms with van der Waals surface area (Å²) in [5.74, 6) is -0.363. The van der Waals surface area contributed by atoms with Crippen LogP contribution in [0.5, 0.6) is 0 Å². The van der Waals surface area contributed by atoms with Gasteiger partial charge in [0.05, 0.1) is 16.3 Å². The van der Waals surface area contributed by atoms with Crippen LogP contribution >= 0.6 is 11.6 Å². The number of nitrogen functional groups attached to an aromatic ring is 1. The van der Waals surface area contributed by atoms with Crippen LogP contribution in [0.2, 0.25) is 5.02 Å². The SMILES string of the molecule is Cc1ccc(C(=O)NNc2ncnc(Nc3cc(C(F)(F)F)ccc3Cl)c2N)cc1. The lowest BCUT2D eigenvalue weighted by Crippen LogP contribution is -2.30. The number of aromatic nitrogens is 2. The summed E-state index contributed by atoms with van der Waals surface area (Å²) < 4.78 is 38.8. The number of carbonyl (C=O) groups is 1. The van der Waals surface area contributed by atoms with Crippen molar-refractivity contribution in [1.29, 1.82) is 0 Å². The van der Waals surface area contributed by atoms with E-state index in [2.05, 4.69) is 26.1 Å². The molecule has 0 aliphatic carbocycles. The second-order valence-electron chi connectivity index (χ2n) is 6.25. The largest absolute Gasteiger partial charge is 0.416 e. The van der Waals surface area contributed by atoms with Crippen LogP contribution in [0.25, 0.3) is 0 Å². The molecule has 1 aromatic heterocycles. The van der Waals surface area contributed by atoms with Crippen LogP contribution in [0.3, 0.4) is 0 Å². The Hall–Kier alpha value is -3.53. The highest BCUT2D eigenvalue weighted by atomic mass is 35.5. The van der Waals surface area contributed by atoms with E-state index in [0.29, 0.717) is 5.56 Å². The van der Waals surface area contributed by atoms with E-state index in [1.165, 1.54) is 0 Å². The molecule has 0 bridgehead atoms. The number of anilines is 4. The molecule has 0 saturated carbocycles. The lowest BCUT2D eigenvalue weighted by atomic mass is 10.1. The van der Waals surface area contributed by atoms with Crippen molar-refractivity contribution in [3.05, 3.63) is 70.5 Å². The van der Waals surface area contributed by atoms with Crippen LogP contribution in [0, 0.1) is 6.92 Å². The smallest absolute Gasteiger partial charge is 0.393 e. The fourth-order valence-electron chi connectivity index (χ4n) is 2.41. The fraction of sp³-hybridized carbons (Fsp3) is 0.105. The molecule has 3 rings (SSSR count). The molecule has 1 heterocycles. The van der Waals surface area contributed by atoms with Crippen LogP contribution in [0.1, 0.15) is 21.5 Å². The molecule has 156 valence electrons. The number of aryl methyl sites for hydroxylation is 1. The number of nitrogens with zero attached hydrogens (tertiary/aromatic N) is 2. The minimum absolute atomic E-state index is 0.0123. The van der Waals surface area contributed by atoms with E-state index in [4.69, 9.17) is 17.3 Å². The quantitative estimate of drug-likeness (QED) is 0.438. The third-order valence-electron chi connectivity index (χ3n) is 4.04. The van der Waals surface area contributed by atoms with Gasteiger partial charge in [-0.05, 0) is 37.3 Å². The minimum atomic E-state index is -4.54. The Morgan fingerprint density at radius 2 is 1.73 bits per heavy atom. The van der Waals surface area contributed by atoms with Gasteiger partial charge in [-0.2, -0.15) is 13.2 Å². The normalized spacial score (nSPS) is 11.1. The Bertz CT molecular complexity index is 1070. The van der Waals surface area contributed by atoms with Gasteiger partial charge in [-0.25, -0.2) is 9.97 Å². The summed E-state index contributed by atoms with van der Waals surface area (Å²) in [7, 11) is 0. The molecule has 3 aromatic rings. The highest BCUT2D eigenvalue weighted by Crippen LogP contribution is 2.35. The molecule has 7 nitrogen and oxygen atoms in total. The van der Waals surface area contributed by atoms with Crippen molar-refractivity contribution < 1.29 is 18.0 Å². The molecule has 0 radical (unpaired) electrons. The molecular weight excluding hydrogens is 421 g/mol. The van der Waals surface area contributed by atoms with Crippen LogP contribution in [-0.2, 0) is 6.18 Å². The number of hydrazine groups is 1. The van der Waals surface area contributed by atoms with Crippen molar-refractivity contribution in [3.8, 4) is 0 Å². The molecule has 30 heavy (non-hydrogen) atoms. The number of alkyl halides is 3. The van der Waals surface area contributed by atoms with Gasteiger partial charge in [-0.15, -0.1) is 0 Å². The predicted octanol–water partition coefficient (Wildman–Crippen LogP) is 4.54. The summed E-state index contributed by atoms with van der Waals surface area (Å²) in [6, 6.07) is 9.70. The van der Waals surface area contributed by atoms with E-state index in [0.717, 1.165) is 30.1 Å². The van der Waals surface area contributed by atoms with Gasteiger partial charge in [0.1, 0.15) is 12.0 Å². The first-order valence-corrected chi connectivity index (χ1v) is 8.90. The Labute approximate surface area is 174 Å². The zero-order valence-electron chi connectivity index (χ0n) is 15.5. The molecule has 0 spiro atoms. The van der Waals surface area contributed by atoms with E-state index in [-0.39, 0.29) is 28.0 Å². The van der Waals surface area contributed by atoms with Crippen LogP contribution in [-0.4, -0.2) is 15.9 Å². The van der Waals surface area contributed by atoms with Crippen molar-refractivity contribution in [1.82, 2.24) is 15.4 Å². The minimum Gasteiger partial charge on any atom is -0.393 e. The van der Waals surface area contributed by atoms with Crippen molar-refractivity contribution in [3.63, 3.8) is 0 Å². The molecule has 5 N–H and O–H groups in total. The number of rotatable bonds is 5. The Morgan fingerprint density at radius 3 is 2.40 bits per heavy atom. The van der Waals surface area contributed by atoms with Crippen LogP contribution in [0.4, 0.5) is 36.2 Å². The molecule has 0 aliphatic heterocycles. The number of benzene rings is 2. The van der Waals surface area contributed by atoms with Gasteiger partial charge in [-0.3, -0.25) is 15.6 Å². The second kappa shape index (κ2) is 8.46. The number of carbonyl (C=O) groups excluding carboxylic acids is 1. The average Bonchev–Trinajstić information content (AvgIpc) is 2.69. The summed E-state index contributed by atoms with van der Waals surface area (Å²) in [4.78, 5) is 20.0. The molecule has 0 aliphatic rings. The lowest BCUT2D eigenvalue weighted by molar-refractivity contribution is -0.137. The molecular formula is C19H16ClF3N6O. The maximum absolute atomic E-state index is 12.9. The summed E-state index contributed by atoms with van der Waals surface area (Å²) in [6.45, 7) is 1.90. The first-order valence-electron chi connectivity index (χ1n) is 8.52. The maximum Gasteiger partial charge on any atom is 0.416 e. The molecule has 0 fully saturated rings. The molecule has 0 saturated heterocycles. The third-order valence-corrected chi connectivity index (χ3v) is 4.37. The lowest BCUT2D eigenvalue weighted by Gasteiger charge is -2.15. The third kappa shape index (κ3) is 4.90. The zero-order valence-corrected chi connectivity index (χ0v) is 16.3. The maximum atomic E-state index is 12.9. The molecule has 2 aromatic carbocycles. The van der Waals surface area contributed by atoms with E-state index >= 15 is 0 Å². The summed E-state index contributed by atoms with van der Waals surface area (Å²) >= 11 is 5.98. The first-order chi connectivity index (χ1) is 14.1. The fourth-order valence-corrected chi connectivity index (χ4v) is 2.58. The summed E-state index contributed by atoms with van der Waals surface area (Å²) in [5.41, 5.74) is 11.5. The number of hydrogen-bond donors (Lipinski definition) is 4. The molecule has 1 amide bonds. The highest BCUT2D eigenvalue weighted by molar-refractivity contribution is 6.33. The topological polar surface area (TPSA) is 105 Å². The van der Waals surface area contributed by atoms with Gasteiger partial charge in [0.25, 0.3) is 5.91 Å². The number of nitrogens with two attached hydrogens (primary N) is 1. The van der Waals surface area contributed by atoms with Gasteiger partial charge in [0.2, 0.25) is 0 Å². The van der Waals surface area contributed by atoms with Gasteiger partial charge in [0.15, 0.2) is 11.6 Å². The van der Waals surface area contributed by atoms with E-state index in [9.17, 15) is 18.0 Å². The number of hydrogen-bond acceptors (Lipinski definition) is 6. The van der Waals surface area contributed by atoms with Gasteiger partial charge >= 0.3 is 6.18 Å². The van der Waals surface area contributed by atoms with Crippen LogP contribution in [0.15, 0.2) is 48.8 Å². The number of halogens is 4. The van der Waals surface area contributed by atoms with Gasteiger partial charge in [-0.1, -0.05) is 29.3 Å². The first kappa shape index (κ1) is 21.2. The van der Waals surface area contributed by atoms with Crippen molar-refractivity contribution >= 4 is 40.5 Å². The molecule has 11 heteroatoms. The standard InChI is InChI=1S/C19H16ClF3N6O/c1-10-2-4-11(5-3-10)18(30)29-28-17-15(24)16(25-9-26-17)27-14-8-12(19(21,22)23)6-7-13(14)20/h2-9H,24H2,1H3,(H,29,30)(H2,25,26,27,28). The van der Waals surface area contributed by atoms with Crippen LogP contribution < -0.4 is 21.9 Å². The zero-order chi connectivity index (χ0) is 21.9. The molecule has 0 atom stereocenters. The number of nitrogens with one attached hydrogen (secondary N) is 3. The van der Waals surface area contributed by atoms with E-state index < -0.39 is 17.6 Å². The Balaban J connectivity index is 1.77. The Morgan fingerprint density at radius 1 is 1.07 bits per heavy atom. The average molecular weight is 437 g/mol. The van der Waals surface area contributed by atoms with E-state index in [1.54, 1.807) is 24.3 Å². The predicted molar refractivity (Wildman–Crippen MR) is 108 cm³/mol. The highest BCUT2D eigenvalue weighted by Gasteiger charge is 2.31. The Kier molecular flexibility index (Phi) is 5.97. The van der Waals surface area contributed by atoms with Gasteiger partial charge in [0, 0.05) is 5.56 Å².